The first-order valence-electron chi connectivity index (χ1n) is 6.90. The third kappa shape index (κ3) is 2.58. The fourth-order valence-corrected chi connectivity index (χ4v) is 3.75. The first kappa shape index (κ1) is 13.2. The average Bonchev–Trinajstić information content (AvgIpc) is 2.94. The second-order valence-corrected chi connectivity index (χ2v) is 6.11. The van der Waals surface area contributed by atoms with Gasteiger partial charge in [-0.3, -0.25) is 4.98 Å². The molecule has 0 atom stereocenters. The molecule has 0 aliphatic heterocycles. The van der Waals surface area contributed by atoms with Crippen LogP contribution in [0.3, 0.4) is 0 Å². The predicted molar refractivity (Wildman–Crippen MR) is 78.1 cm³/mol. The van der Waals surface area contributed by atoms with Gasteiger partial charge in [0, 0.05) is 23.9 Å². The fourth-order valence-electron chi connectivity index (χ4n) is 2.76. The average molecular weight is 288 g/mol. The standard InChI is InChI=1S/C15H16N2O2S/c18-15(19)13-12(10-4-2-1-3-5-10)17-14(20-13)11-6-8-16-9-7-11/h6-10H,1-5H2,(H,18,19). The van der Waals surface area contributed by atoms with Crippen LogP contribution in [0, 0.1) is 0 Å². The Bertz CT molecular complexity index is 604. The maximum Gasteiger partial charge on any atom is 0.347 e. The topological polar surface area (TPSA) is 63.1 Å². The van der Waals surface area contributed by atoms with Crippen molar-refractivity contribution < 1.29 is 9.90 Å². The van der Waals surface area contributed by atoms with Crippen LogP contribution in [0.15, 0.2) is 24.5 Å². The minimum Gasteiger partial charge on any atom is -0.477 e. The highest BCUT2D eigenvalue weighted by molar-refractivity contribution is 7.17. The SMILES string of the molecule is O=C(O)c1sc(-c2ccncc2)nc1C1CCCCC1. The van der Waals surface area contributed by atoms with Gasteiger partial charge in [0.05, 0.1) is 5.69 Å². The quantitative estimate of drug-likeness (QED) is 0.928. The van der Waals surface area contributed by atoms with Crippen molar-refractivity contribution in [3.8, 4) is 10.6 Å². The molecule has 0 bridgehead atoms. The number of carboxylic acids is 1. The van der Waals surface area contributed by atoms with Crippen LogP contribution >= 0.6 is 11.3 Å². The molecule has 1 saturated carbocycles. The van der Waals surface area contributed by atoms with Gasteiger partial charge in [0.15, 0.2) is 0 Å². The van der Waals surface area contributed by atoms with Crippen molar-refractivity contribution in [2.75, 3.05) is 0 Å². The summed E-state index contributed by atoms with van der Waals surface area (Å²) in [7, 11) is 0. The van der Waals surface area contributed by atoms with Crippen LogP contribution in [0.1, 0.15) is 53.4 Å². The number of aromatic carboxylic acids is 1. The summed E-state index contributed by atoms with van der Waals surface area (Å²) in [5, 5.41) is 10.2. The molecule has 0 unspecified atom stereocenters. The van der Waals surface area contributed by atoms with Crippen molar-refractivity contribution in [1.29, 1.82) is 0 Å². The molecule has 0 amide bonds. The van der Waals surface area contributed by atoms with Gasteiger partial charge in [-0.25, -0.2) is 9.78 Å². The number of hydrogen-bond acceptors (Lipinski definition) is 4. The van der Waals surface area contributed by atoms with Crippen LogP contribution in [0.4, 0.5) is 0 Å². The van der Waals surface area contributed by atoms with Gasteiger partial charge in [-0.05, 0) is 25.0 Å². The molecular weight excluding hydrogens is 272 g/mol. The molecule has 104 valence electrons. The van der Waals surface area contributed by atoms with E-state index in [-0.39, 0.29) is 0 Å². The van der Waals surface area contributed by atoms with E-state index in [0.29, 0.717) is 10.8 Å². The summed E-state index contributed by atoms with van der Waals surface area (Å²) < 4.78 is 0. The second-order valence-electron chi connectivity index (χ2n) is 5.11. The van der Waals surface area contributed by atoms with Crippen molar-refractivity contribution in [1.82, 2.24) is 9.97 Å². The van der Waals surface area contributed by atoms with Crippen LogP contribution in [-0.4, -0.2) is 21.0 Å². The van der Waals surface area contributed by atoms with Crippen LogP contribution in [-0.2, 0) is 0 Å². The minimum absolute atomic E-state index is 0.307. The highest BCUT2D eigenvalue weighted by atomic mass is 32.1. The van der Waals surface area contributed by atoms with E-state index in [9.17, 15) is 9.90 Å². The zero-order valence-electron chi connectivity index (χ0n) is 11.1. The van der Waals surface area contributed by atoms with E-state index in [0.717, 1.165) is 29.1 Å². The monoisotopic (exact) mass is 288 g/mol. The lowest BCUT2D eigenvalue weighted by Crippen LogP contribution is -2.09. The first-order valence-corrected chi connectivity index (χ1v) is 7.72. The zero-order valence-corrected chi connectivity index (χ0v) is 11.9. The molecule has 0 spiro atoms. The molecule has 5 heteroatoms. The van der Waals surface area contributed by atoms with E-state index in [1.807, 2.05) is 12.1 Å². The molecule has 1 fully saturated rings. The Morgan fingerprint density at radius 3 is 2.55 bits per heavy atom. The van der Waals surface area contributed by atoms with Gasteiger partial charge in [0.1, 0.15) is 9.88 Å². The van der Waals surface area contributed by atoms with E-state index in [4.69, 9.17) is 0 Å². The molecule has 1 aliphatic carbocycles. The molecule has 2 aromatic rings. The third-order valence-corrected chi connectivity index (χ3v) is 4.87. The van der Waals surface area contributed by atoms with Crippen LogP contribution < -0.4 is 0 Å². The van der Waals surface area contributed by atoms with Gasteiger partial charge >= 0.3 is 5.97 Å². The van der Waals surface area contributed by atoms with Gasteiger partial charge in [-0.2, -0.15) is 0 Å². The highest BCUT2D eigenvalue weighted by Crippen LogP contribution is 2.38. The smallest absolute Gasteiger partial charge is 0.347 e. The van der Waals surface area contributed by atoms with Crippen LogP contribution in [0.25, 0.3) is 10.6 Å². The Morgan fingerprint density at radius 1 is 1.20 bits per heavy atom. The number of pyridine rings is 1. The van der Waals surface area contributed by atoms with Crippen molar-refractivity contribution in [2.45, 2.75) is 38.0 Å². The Hall–Kier alpha value is -1.75. The van der Waals surface area contributed by atoms with Crippen molar-refractivity contribution in [2.24, 2.45) is 0 Å². The molecule has 20 heavy (non-hydrogen) atoms. The van der Waals surface area contributed by atoms with E-state index in [2.05, 4.69) is 9.97 Å². The zero-order chi connectivity index (χ0) is 13.9. The van der Waals surface area contributed by atoms with Crippen molar-refractivity contribution in [3.05, 3.63) is 35.1 Å². The molecule has 2 aromatic heterocycles. The summed E-state index contributed by atoms with van der Waals surface area (Å²) in [5.74, 6) is -0.551. The Labute approximate surface area is 121 Å². The maximum atomic E-state index is 11.5. The number of nitrogens with zero attached hydrogens (tertiary/aromatic N) is 2. The van der Waals surface area contributed by atoms with E-state index < -0.39 is 5.97 Å². The second kappa shape index (κ2) is 5.71. The lowest BCUT2D eigenvalue weighted by molar-refractivity contribution is 0.0700. The number of rotatable bonds is 3. The van der Waals surface area contributed by atoms with Gasteiger partial charge in [-0.1, -0.05) is 19.3 Å². The summed E-state index contributed by atoms with van der Waals surface area (Å²) in [4.78, 5) is 20.5. The third-order valence-electron chi connectivity index (χ3n) is 3.77. The molecule has 0 radical (unpaired) electrons. The summed E-state index contributed by atoms with van der Waals surface area (Å²) in [6.45, 7) is 0. The van der Waals surface area contributed by atoms with Crippen LogP contribution in [0.5, 0.6) is 0 Å². The van der Waals surface area contributed by atoms with Crippen LogP contribution in [0.2, 0.25) is 0 Å². The number of aromatic nitrogens is 2. The number of carboxylic acid groups (broad SMARTS) is 1. The Kier molecular flexibility index (Phi) is 3.78. The highest BCUT2D eigenvalue weighted by Gasteiger charge is 2.26. The Morgan fingerprint density at radius 2 is 1.90 bits per heavy atom. The van der Waals surface area contributed by atoms with Gasteiger partial charge in [-0.15, -0.1) is 11.3 Å². The largest absolute Gasteiger partial charge is 0.477 e. The summed E-state index contributed by atoms with van der Waals surface area (Å²) in [6, 6.07) is 3.74. The molecule has 3 rings (SSSR count). The summed E-state index contributed by atoms with van der Waals surface area (Å²) >= 11 is 1.28. The number of carbonyl (C=O) groups is 1. The molecule has 1 aliphatic rings. The van der Waals surface area contributed by atoms with Gasteiger partial charge in [0.25, 0.3) is 0 Å². The lowest BCUT2D eigenvalue weighted by atomic mass is 9.86. The molecular formula is C15H16N2O2S. The first-order chi connectivity index (χ1) is 9.75. The fraction of sp³-hybridized carbons (Fsp3) is 0.400. The molecule has 1 N–H and O–H groups in total. The predicted octanol–water partition coefficient (Wildman–Crippen LogP) is 3.95. The van der Waals surface area contributed by atoms with Crippen molar-refractivity contribution >= 4 is 17.3 Å². The van der Waals surface area contributed by atoms with E-state index in [1.54, 1.807) is 12.4 Å². The van der Waals surface area contributed by atoms with Gasteiger partial charge < -0.3 is 5.11 Å². The number of hydrogen-bond donors (Lipinski definition) is 1. The maximum absolute atomic E-state index is 11.5. The molecule has 0 saturated heterocycles. The van der Waals surface area contributed by atoms with E-state index >= 15 is 0 Å². The summed E-state index contributed by atoms with van der Waals surface area (Å²) in [6.07, 6.45) is 9.12. The minimum atomic E-state index is -0.858. The Balaban J connectivity index is 2.00. The number of thiazole rings is 1. The molecule has 4 nitrogen and oxygen atoms in total. The lowest BCUT2D eigenvalue weighted by Gasteiger charge is -2.20. The van der Waals surface area contributed by atoms with Gasteiger partial charge in [0.2, 0.25) is 0 Å². The summed E-state index contributed by atoms with van der Waals surface area (Å²) in [5.41, 5.74) is 1.73. The normalized spacial score (nSPS) is 16.2. The van der Waals surface area contributed by atoms with Crippen molar-refractivity contribution in [3.63, 3.8) is 0 Å². The molecule has 0 aromatic carbocycles. The molecule has 2 heterocycles. The van der Waals surface area contributed by atoms with E-state index in [1.165, 1.54) is 30.6 Å².